The minimum atomic E-state index is -1.15. The van der Waals surface area contributed by atoms with E-state index >= 15 is 0 Å². The zero-order chi connectivity index (χ0) is 14.0. The van der Waals surface area contributed by atoms with Gasteiger partial charge in [0.15, 0.2) is 6.29 Å². The molecule has 0 saturated carbocycles. The lowest BCUT2D eigenvalue weighted by Gasteiger charge is -2.08. The zero-order valence-corrected chi connectivity index (χ0v) is 9.52. The first kappa shape index (κ1) is 12.5. The molecule has 0 atom stereocenters. The first-order valence-electron chi connectivity index (χ1n) is 5.19. The third-order valence-electron chi connectivity index (χ3n) is 2.58. The second-order valence-electron chi connectivity index (χ2n) is 3.69. The minimum absolute atomic E-state index is 0.0306. The van der Waals surface area contributed by atoms with Crippen molar-refractivity contribution in [1.29, 1.82) is 0 Å². The maximum atomic E-state index is 11.0. The Morgan fingerprint density at radius 1 is 1.37 bits per heavy atom. The lowest BCUT2D eigenvalue weighted by Crippen LogP contribution is -2.08. The lowest BCUT2D eigenvalue weighted by atomic mass is 10.1. The molecular weight excluding hydrogens is 252 g/mol. The van der Waals surface area contributed by atoms with Crippen LogP contribution in [-0.4, -0.2) is 26.9 Å². The molecule has 0 bridgehead atoms. The fraction of sp³-hybridized carbons (Fsp3) is 0. The number of aromatic carboxylic acids is 1. The summed E-state index contributed by atoms with van der Waals surface area (Å²) in [7, 11) is 0. The highest BCUT2D eigenvalue weighted by Gasteiger charge is 2.15. The maximum absolute atomic E-state index is 11.0. The molecule has 0 aliphatic carbocycles. The Morgan fingerprint density at radius 2 is 2.11 bits per heavy atom. The first-order chi connectivity index (χ1) is 9.04. The highest BCUT2D eigenvalue weighted by molar-refractivity contribution is 5.88. The number of aromatic nitrogens is 1. The van der Waals surface area contributed by atoms with Crippen LogP contribution in [0.1, 0.15) is 20.8 Å². The fourth-order valence-corrected chi connectivity index (χ4v) is 1.73. The largest absolute Gasteiger partial charge is 0.477 e. The van der Waals surface area contributed by atoms with Crippen molar-refractivity contribution in [1.82, 2.24) is 4.57 Å². The molecule has 0 unspecified atom stereocenters. The average molecular weight is 260 g/mol. The lowest BCUT2D eigenvalue weighted by molar-refractivity contribution is -0.384. The highest BCUT2D eigenvalue weighted by atomic mass is 16.6. The van der Waals surface area contributed by atoms with Crippen LogP contribution in [0.25, 0.3) is 5.69 Å². The zero-order valence-electron chi connectivity index (χ0n) is 9.52. The normalized spacial score (nSPS) is 10.1. The van der Waals surface area contributed by atoms with Gasteiger partial charge < -0.3 is 9.67 Å². The van der Waals surface area contributed by atoms with Gasteiger partial charge in [0.2, 0.25) is 0 Å². The van der Waals surface area contributed by atoms with Crippen LogP contribution in [0.5, 0.6) is 0 Å². The average Bonchev–Trinajstić information content (AvgIpc) is 2.87. The summed E-state index contributed by atoms with van der Waals surface area (Å²) in [6, 6.07) is 6.55. The third-order valence-corrected chi connectivity index (χ3v) is 2.58. The SMILES string of the molecule is O=Cc1cc([N+](=O)[O-])ccc1-n1cccc1C(=O)O. The van der Waals surface area contributed by atoms with Crippen LogP contribution in [0, 0.1) is 10.1 Å². The van der Waals surface area contributed by atoms with Crippen molar-refractivity contribution >= 4 is 17.9 Å². The second kappa shape index (κ2) is 4.73. The molecule has 1 heterocycles. The number of benzene rings is 1. The molecule has 0 fully saturated rings. The molecular formula is C12H8N2O5. The number of aldehydes is 1. The molecule has 1 aromatic heterocycles. The van der Waals surface area contributed by atoms with Crippen LogP contribution in [0.4, 0.5) is 5.69 Å². The van der Waals surface area contributed by atoms with Crippen molar-refractivity contribution in [3.63, 3.8) is 0 Å². The molecule has 96 valence electrons. The number of non-ortho nitro benzene ring substituents is 1. The van der Waals surface area contributed by atoms with Gasteiger partial charge in [0, 0.05) is 23.9 Å². The number of carboxylic acids is 1. The van der Waals surface area contributed by atoms with E-state index in [0.717, 1.165) is 6.07 Å². The van der Waals surface area contributed by atoms with E-state index in [2.05, 4.69) is 0 Å². The van der Waals surface area contributed by atoms with Crippen LogP contribution >= 0.6 is 0 Å². The highest BCUT2D eigenvalue weighted by Crippen LogP contribution is 2.21. The summed E-state index contributed by atoms with van der Waals surface area (Å²) >= 11 is 0. The Hall–Kier alpha value is -2.96. The standard InChI is InChI=1S/C12H8N2O5/c15-7-8-6-9(14(18)19)3-4-10(8)13-5-1-2-11(13)12(16)17/h1-7H,(H,16,17). The first-order valence-corrected chi connectivity index (χ1v) is 5.19. The van der Waals surface area contributed by atoms with Crippen LogP contribution < -0.4 is 0 Å². The molecule has 0 aliphatic rings. The summed E-state index contributed by atoms with van der Waals surface area (Å²) in [6.07, 6.45) is 1.92. The van der Waals surface area contributed by atoms with Gasteiger partial charge in [0.05, 0.1) is 10.6 Å². The van der Waals surface area contributed by atoms with E-state index in [1.165, 1.54) is 35.0 Å². The summed E-state index contributed by atoms with van der Waals surface area (Å²) in [5.41, 5.74) is 0.0720. The monoisotopic (exact) mass is 260 g/mol. The molecule has 0 amide bonds. The molecule has 1 N–H and O–H groups in total. The van der Waals surface area contributed by atoms with Crippen molar-refractivity contribution < 1.29 is 19.6 Å². The van der Waals surface area contributed by atoms with Crippen LogP contribution in [-0.2, 0) is 0 Å². The predicted octanol–water partition coefficient (Wildman–Crippen LogP) is 1.90. The van der Waals surface area contributed by atoms with Gasteiger partial charge in [-0.15, -0.1) is 0 Å². The number of nitro benzene ring substituents is 1. The van der Waals surface area contributed by atoms with Gasteiger partial charge in [-0.2, -0.15) is 0 Å². The molecule has 0 saturated heterocycles. The molecule has 7 heteroatoms. The number of hydrogen-bond donors (Lipinski definition) is 1. The number of carbonyl (C=O) groups is 2. The molecule has 0 radical (unpaired) electrons. The Balaban J connectivity index is 2.62. The molecule has 19 heavy (non-hydrogen) atoms. The fourth-order valence-electron chi connectivity index (χ4n) is 1.73. The van der Waals surface area contributed by atoms with Gasteiger partial charge in [-0.25, -0.2) is 4.79 Å². The molecule has 0 spiro atoms. The van der Waals surface area contributed by atoms with E-state index in [-0.39, 0.29) is 22.6 Å². The summed E-state index contributed by atoms with van der Waals surface area (Å²) < 4.78 is 1.29. The van der Waals surface area contributed by atoms with Crippen molar-refractivity contribution in [2.24, 2.45) is 0 Å². The van der Waals surface area contributed by atoms with Gasteiger partial charge in [-0.3, -0.25) is 14.9 Å². The quantitative estimate of drug-likeness (QED) is 0.513. The van der Waals surface area contributed by atoms with Crippen molar-refractivity contribution in [3.8, 4) is 5.69 Å². The molecule has 2 aromatic rings. The summed E-state index contributed by atoms with van der Waals surface area (Å²) in [5, 5.41) is 19.6. The summed E-state index contributed by atoms with van der Waals surface area (Å²) in [6.45, 7) is 0. The van der Waals surface area contributed by atoms with Crippen molar-refractivity contribution in [2.75, 3.05) is 0 Å². The molecule has 0 aliphatic heterocycles. The van der Waals surface area contributed by atoms with Gasteiger partial charge in [-0.05, 0) is 18.2 Å². The summed E-state index contributed by atoms with van der Waals surface area (Å²) in [4.78, 5) is 32.0. The third kappa shape index (κ3) is 2.21. The predicted molar refractivity (Wildman–Crippen MR) is 64.8 cm³/mol. The van der Waals surface area contributed by atoms with E-state index in [1.54, 1.807) is 0 Å². The molecule has 7 nitrogen and oxygen atoms in total. The van der Waals surface area contributed by atoms with E-state index in [0.29, 0.717) is 6.29 Å². The van der Waals surface area contributed by atoms with Crippen molar-refractivity contribution in [3.05, 3.63) is 57.9 Å². The van der Waals surface area contributed by atoms with Gasteiger partial charge in [-0.1, -0.05) is 0 Å². The van der Waals surface area contributed by atoms with E-state index in [1.807, 2.05) is 0 Å². The number of rotatable bonds is 4. The number of carbonyl (C=O) groups excluding carboxylic acids is 1. The van der Waals surface area contributed by atoms with E-state index in [4.69, 9.17) is 5.11 Å². The Morgan fingerprint density at radius 3 is 2.68 bits per heavy atom. The Bertz CT molecular complexity index is 675. The number of nitrogens with zero attached hydrogens (tertiary/aromatic N) is 2. The number of hydrogen-bond acceptors (Lipinski definition) is 4. The smallest absolute Gasteiger partial charge is 0.352 e. The van der Waals surface area contributed by atoms with Crippen LogP contribution in [0.2, 0.25) is 0 Å². The number of nitro groups is 1. The van der Waals surface area contributed by atoms with Gasteiger partial charge in [0.25, 0.3) is 5.69 Å². The van der Waals surface area contributed by atoms with Gasteiger partial charge in [0.1, 0.15) is 5.69 Å². The summed E-state index contributed by atoms with van der Waals surface area (Å²) in [5.74, 6) is -1.15. The number of carboxylic acid groups (broad SMARTS) is 1. The molecule has 1 aromatic carbocycles. The minimum Gasteiger partial charge on any atom is -0.477 e. The Kier molecular flexibility index (Phi) is 3.11. The topological polar surface area (TPSA) is 102 Å². The Labute approximate surface area is 106 Å². The molecule has 2 rings (SSSR count). The van der Waals surface area contributed by atoms with Gasteiger partial charge >= 0.3 is 5.97 Å². The van der Waals surface area contributed by atoms with Crippen LogP contribution in [0.15, 0.2) is 36.5 Å². The maximum Gasteiger partial charge on any atom is 0.352 e. The van der Waals surface area contributed by atoms with Crippen molar-refractivity contribution in [2.45, 2.75) is 0 Å². The van der Waals surface area contributed by atoms with Crippen LogP contribution in [0.3, 0.4) is 0 Å². The second-order valence-corrected chi connectivity index (χ2v) is 3.69. The van der Waals surface area contributed by atoms with E-state index < -0.39 is 10.9 Å². The van der Waals surface area contributed by atoms with E-state index in [9.17, 15) is 19.7 Å².